The summed E-state index contributed by atoms with van der Waals surface area (Å²) in [5.41, 5.74) is 2.64. The highest BCUT2D eigenvalue weighted by Crippen LogP contribution is 2.21. The minimum Gasteiger partial charge on any atom is -0.290 e. The van der Waals surface area contributed by atoms with Crippen LogP contribution in [0.3, 0.4) is 0 Å². The number of allylic oxidation sites excluding steroid dienone is 1. The van der Waals surface area contributed by atoms with Gasteiger partial charge in [-0.05, 0) is 50.3 Å². The summed E-state index contributed by atoms with van der Waals surface area (Å²) in [4.78, 5) is 18.9. The topological polar surface area (TPSA) is 80.5 Å². The van der Waals surface area contributed by atoms with Crippen molar-refractivity contribution in [3.05, 3.63) is 58.4 Å². The minimum atomic E-state index is -3.33. The molecule has 130 valence electrons. The van der Waals surface area contributed by atoms with Crippen molar-refractivity contribution in [1.82, 2.24) is 9.38 Å². The van der Waals surface area contributed by atoms with Gasteiger partial charge >= 0.3 is 0 Å². The van der Waals surface area contributed by atoms with Crippen LogP contribution >= 0.6 is 11.3 Å². The summed E-state index contributed by atoms with van der Waals surface area (Å²) in [6, 6.07) is 6.31. The molecule has 0 unspecified atom stereocenters. The summed E-state index contributed by atoms with van der Waals surface area (Å²) in [5, 5.41) is 0. The first-order chi connectivity index (χ1) is 11.7. The summed E-state index contributed by atoms with van der Waals surface area (Å²) in [6.07, 6.45) is 6.33. The smallest absolute Gasteiger partial charge is 0.229 e. The molecule has 8 heteroatoms. The molecule has 2 heterocycles. The number of sulfonamides is 1. The van der Waals surface area contributed by atoms with E-state index in [4.69, 9.17) is 0 Å². The largest absolute Gasteiger partial charge is 0.290 e. The second-order valence-corrected chi connectivity index (χ2v) is 8.69. The van der Waals surface area contributed by atoms with Gasteiger partial charge in [0.05, 0.1) is 17.6 Å². The van der Waals surface area contributed by atoms with Crippen molar-refractivity contribution in [2.24, 2.45) is 0 Å². The molecule has 0 aliphatic carbocycles. The molecule has 0 amide bonds. The van der Waals surface area contributed by atoms with Gasteiger partial charge in [-0.15, -0.1) is 11.3 Å². The Morgan fingerprint density at radius 3 is 2.56 bits per heavy atom. The third kappa shape index (κ3) is 3.97. The average Bonchev–Trinajstić information content (AvgIpc) is 2.99. The number of thiazole rings is 1. The van der Waals surface area contributed by atoms with Crippen LogP contribution < -0.4 is 4.72 Å². The van der Waals surface area contributed by atoms with Crippen LogP contribution in [0.4, 0.5) is 5.69 Å². The summed E-state index contributed by atoms with van der Waals surface area (Å²) >= 11 is 1.60. The fourth-order valence-electron chi connectivity index (χ4n) is 2.45. The molecule has 0 fully saturated rings. The van der Waals surface area contributed by atoms with Crippen molar-refractivity contribution in [2.45, 2.75) is 13.8 Å². The lowest BCUT2D eigenvalue weighted by molar-refractivity contribution is 0.104. The summed E-state index contributed by atoms with van der Waals surface area (Å²) < 4.78 is 26.7. The van der Waals surface area contributed by atoms with Crippen LogP contribution in [0.5, 0.6) is 0 Å². The number of aryl methyl sites for hydroxylation is 2. The Morgan fingerprint density at radius 1 is 1.24 bits per heavy atom. The molecular formula is C17H17N3O3S2. The highest BCUT2D eigenvalue weighted by Gasteiger charge is 2.10. The Labute approximate surface area is 149 Å². The van der Waals surface area contributed by atoms with E-state index in [1.807, 2.05) is 24.4 Å². The number of anilines is 1. The number of carbonyl (C=O) groups is 1. The van der Waals surface area contributed by atoms with Crippen LogP contribution in [0.1, 0.15) is 26.6 Å². The van der Waals surface area contributed by atoms with E-state index in [-0.39, 0.29) is 5.78 Å². The van der Waals surface area contributed by atoms with Crippen molar-refractivity contribution < 1.29 is 13.2 Å². The van der Waals surface area contributed by atoms with Gasteiger partial charge in [0.15, 0.2) is 10.7 Å². The van der Waals surface area contributed by atoms with Crippen molar-refractivity contribution >= 4 is 43.9 Å². The van der Waals surface area contributed by atoms with E-state index in [1.54, 1.807) is 41.7 Å². The average molecular weight is 375 g/mol. The normalized spacial score (nSPS) is 12.1. The standard InChI is InChI=1S/C17H17N3O3S2/c1-11-10-20-15(12(2)18-17(20)24-11)8-9-16(21)13-4-6-14(7-5-13)19-25(3,22)23/h4-10,19H,1-3H3/b9-8+. The van der Waals surface area contributed by atoms with E-state index in [1.165, 1.54) is 6.08 Å². The Balaban J connectivity index is 1.81. The first kappa shape index (κ1) is 17.4. The van der Waals surface area contributed by atoms with E-state index < -0.39 is 10.0 Å². The Hall–Kier alpha value is -2.45. The number of ketones is 1. The molecule has 3 rings (SSSR count). The second kappa shape index (κ2) is 6.45. The lowest BCUT2D eigenvalue weighted by Crippen LogP contribution is -2.09. The van der Waals surface area contributed by atoms with Gasteiger partial charge in [0.1, 0.15) is 0 Å². The molecule has 1 N–H and O–H groups in total. The number of nitrogens with one attached hydrogen (secondary N) is 1. The Morgan fingerprint density at radius 2 is 1.92 bits per heavy atom. The number of hydrogen-bond donors (Lipinski definition) is 1. The number of nitrogens with zero attached hydrogens (tertiary/aromatic N) is 2. The van der Waals surface area contributed by atoms with Gasteiger partial charge in [0.2, 0.25) is 10.0 Å². The molecule has 1 aromatic carbocycles. The molecular weight excluding hydrogens is 358 g/mol. The molecule has 0 saturated heterocycles. The van der Waals surface area contributed by atoms with Crippen LogP contribution in [0, 0.1) is 13.8 Å². The van der Waals surface area contributed by atoms with E-state index in [2.05, 4.69) is 9.71 Å². The maximum atomic E-state index is 12.3. The SMILES string of the molecule is Cc1cn2c(/C=C/C(=O)c3ccc(NS(C)(=O)=O)cc3)c(C)nc2s1. The molecule has 0 spiro atoms. The Bertz CT molecular complexity index is 1070. The minimum absolute atomic E-state index is 0.160. The summed E-state index contributed by atoms with van der Waals surface area (Å²) in [6.45, 7) is 3.92. The predicted molar refractivity (Wildman–Crippen MR) is 101 cm³/mol. The van der Waals surface area contributed by atoms with Crippen molar-refractivity contribution in [3.8, 4) is 0 Å². The van der Waals surface area contributed by atoms with Crippen molar-refractivity contribution in [1.29, 1.82) is 0 Å². The zero-order chi connectivity index (χ0) is 18.2. The maximum absolute atomic E-state index is 12.3. The monoisotopic (exact) mass is 375 g/mol. The summed E-state index contributed by atoms with van der Waals surface area (Å²) in [5.74, 6) is -0.160. The van der Waals surface area contributed by atoms with Crippen LogP contribution in [0.15, 0.2) is 36.5 Å². The third-order valence-electron chi connectivity index (χ3n) is 3.53. The molecule has 0 bridgehead atoms. The summed E-state index contributed by atoms with van der Waals surface area (Å²) in [7, 11) is -3.33. The molecule has 25 heavy (non-hydrogen) atoms. The molecule has 0 saturated carbocycles. The van der Waals surface area contributed by atoms with E-state index in [9.17, 15) is 13.2 Å². The number of carbonyl (C=O) groups excluding carboxylic acids is 1. The zero-order valence-corrected chi connectivity index (χ0v) is 15.6. The van der Waals surface area contributed by atoms with Crippen LogP contribution in [0.25, 0.3) is 11.0 Å². The van der Waals surface area contributed by atoms with E-state index in [0.29, 0.717) is 11.3 Å². The number of imidazole rings is 1. The lowest BCUT2D eigenvalue weighted by atomic mass is 10.1. The Kier molecular flexibility index (Phi) is 4.49. The third-order valence-corrected chi connectivity index (χ3v) is 5.03. The number of rotatable bonds is 5. The number of fused-ring (bicyclic) bond motifs is 1. The second-order valence-electron chi connectivity index (χ2n) is 5.73. The maximum Gasteiger partial charge on any atom is 0.229 e. The molecule has 0 aliphatic heterocycles. The molecule has 0 aliphatic rings. The molecule has 0 radical (unpaired) electrons. The van der Waals surface area contributed by atoms with Crippen LogP contribution in [-0.2, 0) is 10.0 Å². The van der Waals surface area contributed by atoms with Gasteiger partial charge < -0.3 is 0 Å². The molecule has 0 atom stereocenters. The predicted octanol–water partition coefficient (Wildman–Crippen LogP) is 3.28. The number of hydrogen-bond acceptors (Lipinski definition) is 5. The highest BCUT2D eigenvalue weighted by atomic mass is 32.2. The van der Waals surface area contributed by atoms with Gasteiger partial charge in [-0.25, -0.2) is 13.4 Å². The quantitative estimate of drug-likeness (QED) is 0.548. The molecule has 6 nitrogen and oxygen atoms in total. The highest BCUT2D eigenvalue weighted by molar-refractivity contribution is 7.92. The van der Waals surface area contributed by atoms with Gasteiger partial charge in [0, 0.05) is 22.3 Å². The van der Waals surface area contributed by atoms with E-state index in [0.717, 1.165) is 27.5 Å². The van der Waals surface area contributed by atoms with Crippen LogP contribution in [0.2, 0.25) is 0 Å². The van der Waals surface area contributed by atoms with Gasteiger partial charge in [-0.3, -0.25) is 13.9 Å². The zero-order valence-electron chi connectivity index (χ0n) is 14.0. The van der Waals surface area contributed by atoms with Gasteiger partial charge in [0.25, 0.3) is 0 Å². The van der Waals surface area contributed by atoms with Crippen molar-refractivity contribution in [2.75, 3.05) is 11.0 Å². The van der Waals surface area contributed by atoms with Gasteiger partial charge in [-0.1, -0.05) is 0 Å². The number of aromatic nitrogens is 2. The first-order valence-corrected chi connectivity index (χ1v) is 10.2. The number of benzene rings is 1. The fourth-order valence-corrected chi connectivity index (χ4v) is 3.89. The van der Waals surface area contributed by atoms with Gasteiger partial charge in [-0.2, -0.15) is 0 Å². The molecule has 3 aromatic rings. The fraction of sp³-hybridized carbons (Fsp3) is 0.176. The van der Waals surface area contributed by atoms with Crippen LogP contribution in [-0.4, -0.2) is 29.8 Å². The van der Waals surface area contributed by atoms with E-state index >= 15 is 0 Å². The first-order valence-electron chi connectivity index (χ1n) is 7.48. The molecule has 2 aromatic heterocycles. The lowest BCUT2D eigenvalue weighted by Gasteiger charge is -2.04. The van der Waals surface area contributed by atoms with Crippen molar-refractivity contribution in [3.63, 3.8) is 0 Å².